The Morgan fingerprint density at radius 2 is 1.62 bits per heavy atom. The summed E-state index contributed by atoms with van der Waals surface area (Å²) in [6.45, 7) is -2.97. The molecule has 1 heterocycles. The minimum atomic E-state index is -2.97. The lowest BCUT2D eigenvalue weighted by atomic mass is 10.2. The number of nitrogens with one attached hydrogen (secondary N) is 1. The number of aromatic nitrogens is 3. The highest BCUT2D eigenvalue weighted by Gasteiger charge is 2.18. The van der Waals surface area contributed by atoms with Gasteiger partial charge in [0.05, 0.1) is 11.9 Å². The zero-order valence-electron chi connectivity index (χ0n) is 16.6. The Hall–Kier alpha value is -4.40. The number of hydrazone groups is 1. The van der Waals surface area contributed by atoms with Crippen molar-refractivity contribution in [2.24, 2.45) is 5.10 Å². The van der Waals surface area contributed by atoms with Gasteiger partial charge in [0.15, 0.2) is 5.82 Å². The fraction of sp³-hybridized carbons (Fsp3) is 0.0435. The topological polar surface area (TPSA) is 81.4 Å². The molecule has 0 saturated carbocycles. The molecule has 160 valence electrons. The Morgan fingerprint density at radius 3 is 2.34 bits per heavy atom. The maximum atomic E-state index is 12.6. The number of carbonyl (C=O) groups is 1. The van der Waals surface area contributed by atoms with Crippen LogP contribution in [0.1, 0.15) is 16.2 Å². The van der Waals surface area contributed by atoms with Gasteiger partial charge in [-0.25, -0.2) is 15.1 Å². The Kier molecular flexibility index (Phi) is 6.26. The number of hydrogen-bond acceptors (Lipinski definition) is 5. The number of hydrogen-bond donors (Lipinski definition) is 1. The van der Waals surface area contributed by atoms with Crippen LogP contribution >= 0.6 is 0 Å². The van der Waals surface area contributed by atoms with Crippen LogP contribution in [0.25, 0.3) is 17.1 Å². The van der Waals surface area contributed by atoms with Gasteiger partial charge in [-0.05, 0) is 24.3 Å². The van der Waals surface area contributed by atoms with E-state index in [0.717, 1.165) is 11.3 Å². The molecule has 1 amide bonds. The van der Waals surface area contributed by atoms with Crippen LogP contribution in [0, 0.1) is 0 Å². The Morgan fingerprint density at radius 1 is 0.969 bits per heavy atom. The van der Waals surface area contributed by atoms with Crippen molar-refractivity contribution in [1.29, 1.82) is 0 Å². The van der Waals surface area contributed by atoms with Crippen molar-refractivity contribution in [3.05, 3.63) is 96.3 Å². The summed E-state index contributed by atoms with van der Waals surface area (Å²) in [5.74, 6) is -0.317. The van der Waals surface area contributed by atoms with Crippen molar-refractivity contribution >= 4 is 12.1 Å². The highest BCUT2D eigenvalue weighted by atomic mass is 19.3. The molecule has 0 radical (unpaired) electrons. The van der Waals surface area contributed by atoms with Crippen LogP contribution < -0.4 is 10.2 Å². The monoisotopic (exact) mass is 433 g/mol. The molecule has 4 aromatic rings. The van der Waals surface area contributed by atoms with Crippen molar-refractivity contribution < 1.29 is 18.3 Å². The second kappa shape index (κ2) is 9.61. The number of halogens is 2. The molecule has 0 aliphatic rings. The maximum Gasteiger partial charge on any atom is 0.387 e. The summed E-state index contributed by atoms with van der Waals surface area (Å²) in [5, 5.41) is 8.17. The van der Waals surface area contributed by atoms with E-state index in [1.54, 1.807) is 16.8 Å². The fourth-order valence-corrected chi connectivity index (χ4v) is 2.93. The third-order valence-corrected chi connectivity index (χ3v) is 4.35. The number of benzene rings is 3. The van der Waals surface area contributed by atoms with Crippen molar-refractivity contribution in [2.75, 3.05) is 0 Å². The predicted octanol–water partition coefficient (Wildman–Crippen LogP) is 4.30. The molecule has 0 unspecified atom stereocenters. The first-order chi connectivity index (χ1) is 15.6. The Bertz CT molecular complexity index is 1170. The Labute approximate surface area is 182 Å². The molecule has 7 nitrogen and oxygen atoms in total. The number of alkyl halides is 2. The van der Waals surface area contributed by atoms with E-state index in [9.17, 15) is 13.6 Å². The minimum absolute atomic E-state index is 0.0571. The van der Waals surface area contributed by atoms with Gasteiger partial charge in [-0.2, -0.15) is 13.9 Å². The zero-order chi connectivity index (χ0) is 22.3. The van der Waals surface area contributed by atoms with Crippen molar-refractivity contribution in [3.8, 4) is 22.8 Å². The van der Waals surface area contributed by atoms with Gasteiger partial charge in [-0.15, -0.1) is 5.10 Å². The molecule has 0 bridgehead atoms. The molecule has 0 aliphatic carbocycles. The summed E-state index contributed by atoms with van der Waals surface area (Å²) in [6, 6.07) is 24.7. The average molecular weight is 433 g/mol. The van der Waals surface area contributed by atoms with Crippen LogP contribution in [-0.4, -0.2) is 33.5 Å². The van der Waals surface area contributed by atoms with Gasteiger partial charge in [-0.3, -0.25) is 4.79 Å². The van der Waals surface area contributed by atoms with E-state index in [2.05, 4.69) is 25.3 Å². The SMILES string of the molecule is O=C(N/N=C/c1ccccc1OC(F)F)c1nc(-c2ccccc2)n(-c2ccccc2)n1. The van der Waals surface area contributed by atoms with Crippen LogP contribution in [-0.2, 0) is 0 Å². The molecule has 4 rings (SSSR count). The fourth-order valence-electron chi connectivity index (χ4n) is 2.93. The molecule has 0 spiro atoms. The summed E-state index contributed by atoms with van der Waals surface area (Å²) >= 11 is 0. The zero-order valence-corrected chi connectivity index (χ0v) is 16.6. The lowest BCUT2D eigenvalue weighted by Crippen LogP contribution is -2.19. The number of nitrogens with zero attached hydrogens (tertiary/aromatic N) is 4. The first-order valence-corrected chi connectivity index (χ1v) is 9.57. The normalized spacial score (nSPS) is 11.1. The maximum absolute atomic E-state index is 12.6. The van der Waals surface area contributed by atoms with Gasteiger partial charge in [0.25, 0.3) is 0 Å². The van der Waals surface area contributed by atoms with E-state index < -0.39 is 12.5 Å². The molecule has 0 saturated heterocycles. The van der Waals surface area contributed by atoms with Crippen LogP contribution in [0.2, 0.25) is 0 Å². The van der Waals surface area contributed by atoms with Gasteiger partial charge >= 0.3 is 12.5 Å². The molecule has 0 aliphatic heterocycles. The first kappa shape index (κ1) is 20.9. The third kappa shape index (κ3) is 4.84. The van der Waals surface area contributed by atoms with Crippen molar-refractivity contribution in [1.82, 2.24) is 20.2 Å². The lowest BCUT2D eigenvalue weighted by molar-refractivity contribution is -0.0499. The minimum Gasteiger partial charge on any atom is -0.434 e. The average Bonchev–Trinajstić information content (AvgIpc) is 3.27. The molecule has 3 aromatic carbocycles. The van der Waals surface area contributed by atoms with E-state index in [4.69, 9.17) is 0 Å². The summed E-state index contributed by atoms with van der Waals surface area (Å²) in [5.41, 5.74) is 4.12. The highest BCUT2D eigenvalue weighted by Crippen LogP contribution is 2.21. The molecule has 1 aromatic heterocycles. The van der Waals surface area contributed by atoms with Crippen molar-refractivity contribution in [3.63, 3.8) is 0 Å². The van der Waals surface area contributed by atoms with Gasteiger partial charge in [-0.1, -0.05) is 60.7 Å². The first-order valence-electron chi connectivity index (χ1n) is 9.57. The van der Waals surface area contributed by atoms with Gasteiger partial charge in [0.2, 0.25) is 5.82 Å². The van der Waals surface area contributed by atoms with E-state index in [1.807, 2.05) is 60.7 Å². The molecule has 1 N–H and O–H groups in total. The standard InChI is InChI=1S/C23H17F2N5O2/c24-23(25)32-19-14-8-7-11-17(19)15-26-28-22(31)20-27-21(16-9-3-1-4-10-16)30(29-20)18-12-5-2-6-13-18/h1-15,23H,(H,28,31)/b26-15+. The van der Waals surface area contributed by atoms with Crippen LogP contribution in [0.5, 0.6) is 5.75 Å². The van der Waals surface area contributed by atoms with E-state index >= 15 is 0 Å². The molecular weight excluding hydrogens is 416 g/mol. The van der Waals surface area contributed by atoms with Crippen LogP contribution in [0.4, 0.5) is 8.78 Å². The summed E-state index contributed by atoms with van der Waals surface area (Å²) in [6.07, 6.45) is 1.21. The largest absolute Gasteiger partial charge is 0.434 e. The smallest absolute Gasteiger partial charge is 0.387 e. The second-order valence-corrected chi connectivity index (χ2v) is 6.49. The van der Waals surface area contributed by atoms with Gasteiger partial charge < -0.3 is 4.74 Å². The number of carbonyl (C=O) groups excluding carboxylic acids is 1. The molecular formula is C23H17F2N5O2. The summed E-state index contributed by atoms with van der Waals surface area (Å²) < 4.78 is 31.1. The van der Waals surface area contributed by atoms with Gasteiger partial charge in [0.1, 0.15) is 5.75 Å². The number of rotatable bonds is 7. The molecule has 9 heteroatoms. The van der Waals surface area contributed by atoms with Crippen LogP contribution in [0.3, 0.4) is 0 Å². The quantitative estimate of drug-likeness (QED) is 0.348. The number of ether oxygens (including phenoxy) is 1. The highest BCUT2D eigenvalue weighted by molar-refractivity contribution is 5.92. The van der Waals surface area contributed by atoms with Crippen molar-refractivity contribution in [2.45, 2.75) is 6.61 Å². The van der Waals surface area contributed by atoms with E-state index in [1.165, 1.54) is 18.3 Å². The lowest BCUT2D eigenvalue weighted by Gasteiger charge is -2.06. The summed E-state index contributed by atoms with van der Waals surface area (Å²) in [4.78, 5) is 17.0. The predicted molar refractivity (Wildman–Crippen MR) is 115 cm³/mol. The van der Waals surface area contributed by atoms with Gasteiger partial charge in [0, 0.05) is 11.1 Å². The summed E-state index contributed by atoms with van der Waals surface area (Å²) in [7, 11) is 0. The number of amides is 1. The second-order valence-electron chi connectivity index (χ2n) is 6.49. The Balaban J connectivity index is 1.59. The molecule has 0 fully saturated rings. The molecule has 32 heavy (non-hydrogen) atoms. The third-order valence-electron chi connectivity index (χ3n) is 4.35. The number of para-hydroxylation sites is 2. The van der Waals surface area contributed by atoms with E-state index in [-0.39, 0.29) is 17.1 Å². The molecule has 0 atom stereocenters. The van der Waals surface area contributed by atoms with E-state index in [0.29, 0.717) is 5.82 Å². The van der Waals surface area contributed by atoms with Crippen LogP contribution in [0.15, 0.2) is 90.0 Å².